The van der Waals surface area contributed by atoms with Crippen molar-refractivity contribution in [2.45, 2.75) is 99.3 Å². The lowest BCUT2D eigenvalue weighted by atomic mass is 9.84. The number of ether oxygens (including phenoxy) is 3. The topological polar surface area (TPSA) is 123 Å². The number of aliphatic hydroxyl groups excluding tert-OH is 3. The molecule has 1 heterocycles. The second kappa shape index (κ2) is 18.3. The van der Waals surface area contributed by atoms with Crippen molar-refractivity contribution in [3.63, 3.8) is 0 Å². The zero-order chi connectivity index (χ0) is 33.0. The molecule has 0 amide bonds. The van der Waals surface area contributed by atoms with Gasteiger partial charge in [-0.15, -0.1) is 0 Å². The van der Waals surface area contributed by atoms with E-state index in [9.17, 15) is 24.9 Å². The van der Waals surface area contributed by atoms with Crippen molar-refractivity contribution in [3.05, 3.63) is 59.4 Å². The summed E-state index contributed by atoms with van der Waals surface area (Å²) in [6.45, 7) is 16.7. The predicted octanol–water partition coefficient (Wildman–Crippen LogP) is 5.34. The Labute approximate surface area is 259 Å². The van der Waals surface area contributed by atoms with Gasteiger partial charge in [-0.25, -0.2) is 4.79 Å². The van der Waals surface area contributed by atoms with E-state index in [1.807, 2.05) is 66.7 Å². The van der Waals surface area contributed by atoms with Crippen LogP contribution in [0.5, 0.6) is 0 Å². The summed E-state index contributed by atoms with van der Waals surface area (Å²) in [6.07, 6.45) is 8.65. The minimum atomic E-state index is -1.17. The number of hydrogen-bond donors (Lipinski definition) is 3. The number of cyclic esters (lactones) is 1. The molecule has 0 aromatic rings. The van der Waals surface area contributed by atoms with E-state index < -0.39 is 48.3 Å². The van der Waals surface area contributed by atoms with Crippen molar-refractivity contribution in [2.24, 2.45) is 35.5 Å². The van der Waals surface area contributed by atoms with Crippen LogP contribution in [0.3, 0.4) is 0 Å². The van der Waals surface area contributed by atoms with Crippen LogP contribution in [0.25, 0.3) is 0 Å². The molecule has 0 aliphatic carbocycles. The highest BCUT2D eigenvalue weighted by atomic mass is 16.6. The van der Waals surface area contributed by atoms with Gasteiger partial charge in [0, 0.05) is 30.8 Å². The quantitative estimate of drug-likeness (QED) is 0.226. The standard InChI is InChI=1S/C35H56O8/c1-20(2)31(37)23(5)15-16-28(36)26(8)33(39)27(9)34-29(41-10)14-12-13-21(3)17-24(6)32(38)25(7)18-22(4)19-30(42-11)35(40)43-34/h12-16,18-20,23-27,29,31-34,37-39H,17H2,1-11H3/b14-12+,16-15+,21-13+,22-18+,30-19+/t23-,24+,25+,26+,27-,29-,31+,32-,33-,34+/m0/s1. The molecule has 1 rings (SSSR count). The maximum Gasteiger partial charge on any atom is 0.373 e. The lowest BCUT2D eigenvalue weighted by molar-refractivity contribution is -0.162. The maximum atomic E-state index is 13.4. The molecule has 0 unspecified atom stereocenters. The first-order valence-electron chi connectivity index (χ1n) is 15.3. The van der Waals surface area contributed by atoms with E-state index in [0.29, 0.717) is 6.42 Å². The highest BCUT2D eigenvalue weighted by Crippen LogP contribution is 2.27. The van der Waals surface area contributed by atoms with Gasteiger partial charge < -0.3 is 29.5 Å². The summed E-state index contributed by atoms with van der Waals surface area (Å²) in [5, 5.41) is 32.5. The van der Waals surface area contributed by atoms with Crippen molar-refractivity contribution in [1.82, 2.24) is 0 Å². The van der Waals surface area contributed by atoms with Gasteiger partial charge in [-0.3, -0.25) is 4.79 Å². The van der Waals surface area contributed by atoms with E-state index in [4.69, 9.17) is 14.2 Å². The average Bonchev–Trinajstić information content (AvgIpc) is 2.96. The number of methoxy groups -OCH3 is 2. The smallest absolute Gasteiger partial charge is 0.373 e. The molecule has 1 aliphatic rings. The third kappa shape index (κ3) is 11.8. The molecule has 244 valence electrons. The fourth-order valence-electron chi connectivity index (χ4n) is 5.43. The van der Waals surface area contributed by atoms with Gasteiger partial charge in [0.05, 0.1) is 25.4 Å². The van der Waals surface area contributed by atoms with Crippen LogP contribution in [0, 0.1) is 35.5 Å². The molecule has 0 spiro atoms. The van der Waals surface area contributed by atoms with Gasteiger partial charge in [0.15, 0.2) is 5.78 Å². The van der Waals surface area contributed by atoms with Crippen molar-refractivity contribution < 1.29 is 39.1 Å². The van der Waals surface area contributed by atoms with Gasteiger partial charge >= 0.3 is 5.97 Å². The third-order valence-electron chi connectivity index (χ3n) is 8.40. The molecule has 8 nitrogen and oxygen atoms in total. The minimum absolute atomic E-state index is 0.00159. The van der Waals surface area contributed by atoms with Crippen LogP contribution in [0.4, 0.5) is 0 Å². The Morgan fingerprint density at radius 3 is 2.26 bits per heavy atom. The molecule has 0 bridgehead atoms. The molecule has 0 aromatic carbocycles. The van der Waals surface area contributed by atoms with Crippen LogP contribution >= 0.6 is 0 Å². The molecule has 10 atom stereocenters. The van der Waals surface area contributed by atoms with Gasteiger partial charge in [-0.05, 0) is 44.3 Å². The number of carbonyl (C=O) groups excluding carboxylic acids is 2. The van der Waals surface area contributed by atoms with E-state index >= 15 is 0 Å². The monoisotopic (exact) mass is 604 g/mol. The van der Waals surface area contributed by atoms with E-state index in [1.165, 1.54) is 20.3 Å². The fourth-order valence-corrected chi connectivity index (χ4v) is 5.43. The van der Waals surface area contributed by atoms with Crippen LogP contribution in [0.1, 0.15) is 68.7 Å². The van der Waals surface area contributed by atoms with Gasteiger partial charge in [-0.2, -0.15) is 0 Å². The second-order valence-electron chi connectivity index (χ2n) is 12.6. The number of allylic oxidation sites excluding steroid dienone is 6. The predicted molar refractivity (Wildman–Crippen MR) is 170 cm³/mol. The number of esters is 1. The van der Waals surface area contributed by atoms with Gasteiger partial charge in [-0.1, -0.05) is 90.0 Å². The number of rotatable bonds is 10. The molecule has 0 saturated carbocycles. The SMILES string of the molecule is CO/C1=C/C(C)=C/[C@@H](C)[C@@H](O)[C@H](C)C/C(C)=C/C=C/[C@H](OC)[C@@H]([C@@H](C)[C@@H](O)[C@H](C)C(=O)/C=C/[C@H](C)[C@H](O)C(C)C)OC1=O. The third-order valence-corrected chi connectivity index (χ3v) is 8.40. The zero-order valence-corrected chi connectivity index (χ0v) is 28.0. The second-order valence-corrected chi connectivity index (χ2v) is 12.6. The summed E-state index contributed by atoms with van der Waals surface area (Å²) in [6, 6.07) is 0. The number of ketones is 1. The number of hydrogen-bond acceptors (Lipinski definition) is 8. The van der Waals surface area contributed by atoms with Gasteiger partial charge in [0.1, 0.15) is 12.2 Å². The first-order chi connectivity index (χ1) is 20.0. The summed E-state index contributed by atoms with van der Waals surface area (Å²) in [7, 11) is 2.86. The summed E-state index contributed by atoms with van der Waals surface area (Å²) in [5.74, 6) is -2.96. The summed E-state index contributed by atoms with van der Waals surface area (Å²) in [5.41, 5.74) is 1.78. The van der Waals surface area contributed by atoms with Crippen molar-refractivity contribution in [3.8, 4) is 0 Å². The zero-order valence-electron chi connectivity index (χ0n) is 28.0. The van der Waals surface area contributed by atoms with Crippen LogP contribution in [-0.4, -0.2) is 71.8 Å². The lowest BCUT2D eigenvalue weighted by Gasteiger charge is -2.33. The summed E-state index contributed by atoms with van der Waals surface area (Å²) in [4.78, 5) is 26.4. The minimum Gasteiger partial charge on any atom is -0.490 e. The van der Waals surface area contributed by atoms with E-state index in [1.54, 1.807) is 32.1 Å². The Morgan fingerprint density at radius 1 is 1.07 bits per heavy atom. The normalized spacial score (nSPS) is 32.7. The molecule has 1 aliphatic heterocycles. The molecule has 0 radical (unpaired) electrons. The molecule has 43 heavy (non-hydrogen) atoms. The van der Waals surface area contributed by atoms with Crippen molar-refractivity contribution >= 4 is 11.8 Å². The summed E-state index contributed by atoms with van der Waals surface area (Å²) < 4.78 is 17.0. The molecule has 8 heteroatoms. The average molecular weight is 605 g/mol. The Balaban J connectivity index is 3.46. The molecule has 3 N–H and O–H groups in total. The Kier molecular flexibility index (Phi) is 16.4. The largest absolute Gasteiger partial charge is 0.490 e. The van der Waals surface area contributed by atoms with E-state index in [-0.39, 0.29) is 35.2 Å². The molecule has 0 fully saturated rings. The van der Waals surface area contributed by atoms with Crippen LogP contribution < -0.4 is 0 Å². The van der Waals surface area contributed by atoms with Crippen molar-refractivity contribution in [2.75, 3.05) is 14.2 Å². The van der Waals surface area contributed by atoms with Gasteiger partial charge in [0.2, 0.25) is 5.76 Å². The maximum absolute atomic E-state index is 13.4. The number of carbonyl (C=O) groups is 2. The van der Waals surface area contributed by atoms with Crippen molar-refractivity contribution in [1.29, 1.82) is 0 Å². The highest BCUT2D eigenvalue weighted by Gasteiger charge is 2.38. The lowest BCUT2D eigenvalue weighted by Crippen LogP contribution is -2.45. The molecular formula is C35H56O8. The first-order valence-corrected chi connectivity index (χ1v) is 15.3. The molecule has 0 saturated heterocycles. The van der Waals surface area contributed by atoms with Crippen LogP contribution in [-0.2, 0) is 23.8 Å². The molecular weight excluding hydrogens is 548 g/mol. The Morgan fingerprint density at radius 2 is 1.70 bits per heavy atom. The highest BCUT2D eigenvalue weighted by molar-refractivity contribution is 5.92. The molecule has 0 aromatic heterocycles. The van der Waals surface area contributed by atoms with Gasteiger partial charge in [0.25, 0.3) is 0 Å². The number of aliphatic hydroxyl groups is 3. The van der Waals surface area contributed by atoms with Crippen LogP contribution in [0.15, 0.2) is 59.4 Å². The van der Waals surface area contributed by atoms with E-state index in [0.717, 1.165) is 11.1 Å². The Bertz CT molecular complexity index is 1050. The Hall–Kier alpha value is -2.52. The summed E-state index contributed by atoms with van der Waals surface area (Å²) >= 11 is 0. The van der Waals surface area contributed by atoms with E-state index in [2.05, 4.69) is 0 Å². The first kappa shape index (κ1) is 38.5. The fraction of sp³-hybridized carbons (Fsp3) is 0.657. The van der Waals surface area contributed by atoms with Crippen LogP contribution in [0.2, 0.25) is 0 Å².